The summed E-state index contributed by atoms with van der Waals surface area (Å²) in [5.41, 5.74) is 0.936. The van der Waals surface area contributed by atoms with Gasteiger partial charge < -0.3 is 5.32 Å². The number of nitrogens with one attached hydrogen (secondary N) is 1. The van der Waals surface area contributed by atoms with Crippen molar-refractivity contribution in [3.63, 3.8) is 0 Å². The molecular formula is C14H17N3O2S. The summed E-state index contributed by atoms with van der Waals surface area (Å²) in [6, 6.07) is 10.1. The number of fused-ring (bicyclic) bond motifs is 1. The topological polar surface area (TPSA) is 65.5 Å². The molecule has 2 aromatic rings. The lowest BCUT2D eigenvalue weighted by molar-refractivity contribution is 0.232. The van der Waals surface area contributed by atoms with Crippen molar-refractivity contribution in [2.45, 2.75) is 19.0 Å². The Kier molecular flexibility index (Phi) is 3.80. The zero-order valence-electron chi connectivity index (χ0n) is 11.2. The molecule has 2 N–H and O–H groups in total. The van der Waals surface area contributed by atoms with Crippen LogP contribution in [-0.2, 0) is 11.3 Å². The first-order valence-electron chi connectivity index (χ1n) is 6.61. The van der Waals surface area contributed by atoms with Crippen molar-refractivity contribution in [3.8, 4) is 0 Å². The molecular weight excluding hydrogens is 274 g/mol. The largest absolute Gasteiger partial charge is 0.306 e. The third kappa shape index (κ3) is 2.47. The molecule has 1 saturated heterocycles. The van der Waals surface area contributed by atoms with E-state index in [1.807, 2.05) is 37.3 Å². The smallest absolute Gasteiger partial charge is 0.234 e. The second kappa shape index (κ2) is 5.57. The van der Waals surface area contributed by atoms with Gasteiger partial charge in [-0.25, -0.2) is 4.21 Å². The highest BCUT2D eigenvalue weighted by Gasteiger charge is 2.30. The van der Waals surface area contributed by atoms with E-state index in [0.717, 1.165) is 16.5 Å². The Hall–Kier alpha value is -1.34. The maximum Gasteiger partial charge on any atom is 0.234 e. The normalized spacial score (nSPS) is 25.7. The summed E-state index contributed by atoms with van der Waals surface area (Å²) < 4.78 is 22.4. The number of hydrogen-bond acceptors (Lipinski definition) is 3. The SMILES string of the molecule is C[C@@H]1CN[C@@H](c2nccc3ccccc23)CN1S(=O)O. The second-order valence-electron chi connectivity index (χ2n) is 5.06. The average molecular weight is 291 g/mol. The van der Waals surface area contributed by atoms with Crippen molar-refractivity contribution in [3.05, 3.63) is 42.2 Å². The zero-order chi connectivity index (χ0) is 14.1. The van der Waals surface area contributed by atoms with Crippen LogP contribution in [0.5, 0.6) is 0 Å². The molecule has 0 saturated carbocycles. The van der Waals surface area contributed by atoms with E-state index in [-0.39, 0.29) is 12.1 Å². The number of pyridine rings is 1. The lowest BCUT2D eigenvalue weighted by atomic mass is 10.0. The summed E-state index contributed by atoms with van der Waals surface area (Å²) in [5.74, 6) is 0. The van der Waals surface area contributed by atoms with Crippen molar-refractivity contribution in [1.29, 1.82) is 0 Å². The molecule has 0 aliphatic carbocycles. The van der Waals surface area contributed by atoms with Gasteiger partial charge in [0, 0.05) is 30.7 Å². The molecule has 20 heavy (non-hydrogen) atoms. The van der Waals surface area contributed by atoms with Gasteiger partial charge in [-0.2, -0.15) is 4.31 Å². The summed E-state index contributed by atoms with van der Waals surface area (Å²) in [4.78, 5) is 4.48. The number of piperazine rings is 1. The average Bonchev–Trinajstić information content (AvgIpc) is 2.47. The van der Waals surface area contributed by atoms with Crippen LogP contribution in [0.1, 0.15) is 18.7 Å². The van der Waals surface area contributed by atoms with Crippen molar-refractivity contribution in [2.75, 3.05) is 13.1 Å². The van der Waals surface area contributed by atoms with Crippen LogP contribution in [0.2, 0.25) is 0 Å². The zero-order valence-corrected chi connectivity index (χ0v) is 12.0. The molecule has 1 aliphatic rings. The molecule has 1 aliphatic heterocycles. The first-order valence-corrected chi connectivity index (χ1v) is 7.68. The van der Waals surface area contributed by atoms with E-state index in [4.69, 9.17) is 0 Å². The first-order chi connectivity index (χ1) is 9.66. The lowest BCUT2D eigenvalue weighted by Gasteiger charge is -2.35. The molecule has 3 atom stereocenters. The van der Waals surface area contributed by atoms with Crippen LogP contribution in [-0.4, -0.2) is 37.2 Å². The van der Waals surface area contributed by atoms with Crippen molar-refractivity contribution >= 4 is 22.0 Å². The minimum absolute atomic E-state index is 0.0339. The van der Waals surface area contributed by atoms with Gasteiger partial charge in [0.15, 0.2) is 0 Å². The minimum atomic E-state index is -1.94. The van der Waals surface area contributed by atoms with Gasteiger partial charge in [0.2, 0.25) is 11.3 Å². The van der Waals surface area contributed by atoms with Gasteiger partial charge in [0.25, 0.3) is 0 Å². The van der Waals surface area contributed by atoms with Gasteiger partial charge in [0.05, 0.1) is 11.7 Å². The molecule has 5 nitrogen and oxygen atoms in total. The van der Waals surface area contributed by atoms with Crippen LogP contribution in [0.25, 0.3) is 10.8 Å². The quantitative estimate of drug-likeness (QED) is 0.827. The number of benzene rings is 1. The molecule has 0 bridgehead atoms. The summed E-state index contributed by atoms with van der Waals surface area (Å²) in [7, 11) is 0. The van der Waals surface area contributed by atoms with Crippen LogP contribution in [0.4, 0.5) is 0 Å². The summed E-state index contributed by atoms with van der Waals surface area (Å²) in [5, 5.41) is 5.63. The predicted octanol–water partition coefficient (Wildman–Crippen LogP) is 1.71. The van der Waals surface area contributed by atoms with Crippen molar-refractivity contribution < 1.29 is 8.76 Å². The standard InChI is InChI=1S/C14H17N3O2S/c1-10-8-16-13(9-17(10)20(18)19)14-12-5-3-2-4-11(12)6-7-15-14/h2-7,10,13,16H,8-9H2,1H3,(H,18,19)/t10-,13-/m1/s1. The minimum Gasteiger partial charge on any atom is -0.306 e. The van der Waals surface area contributed by atoms with Crippen LogP contribution < -0.4 is 5.32 Å². The van der Waals surface area contributed by atoms with Gasteiger partial charge in [-0.15, -0.1) is 0 Å². The van der Waals surface area contributed by atoms with Gasteiger partial charge in [-0.3, -0.25) is 9.54 Å². The summed E-state index contributed by atoms with van der Waals surface area (Å²) in [6.45, 7) is 3.08. The maximum atomic E-state index is 11.4. The van der Waals surface area contributed by atoms with Crippen LogP contribution >= 0.6 is 0 Å². The molecule has 6 heteroatoms. The highest BCUT2D eigenvalue weighted by atomic mass is 32.2. The van der Waals surface area contributed by atoms with E-state index < -0.39 is 11.3 Å². The van der Waals surface area contributed by atoms with Gasteiger partial charge in [-0.1, -0.05) is 24.3 Å². The Balaban J connectivity index is 1.97. The van der Waals surface area contributed by atoms with Gasteiger partial charge in [0.1, 0.15) is 0 Å². The monoisotopic (exact) mass is 291 g/mol. The molecule has 1 fully saturated rings. The van der Waals surface area contributed by atoms with E-state index in [0.29, 0.717) is 13.1 Å². The van der Waals surface area contributed by atoms with E-state index >= 15 is 0 Å². The molecule has 1 aromatic heterocycles. The predicted molar refractivity (Wildman–Crippen MR) is 79.4 cm³/mol. The Morgan fingerprint density at radius 3 is 3.00 bits per heavy atom. The Morgan fingerprint density at radius 2 is 2.20 bits per heavy atom. The van der Waals surface area contributed by atoms with Crippen molar-refractivity contribution in [2.24, 2.45) is 0 Å². The first kappa shape index (κ1) is 13.6. The Morgan fingerprint density at radius 1 is 1.40 bits per heavy atom. The molecule has 0 spiro atoms. The van der Waals surface area contributed by atoms with Gasteiger partial charge >= 0.3 is 0 Å². The highest BCUT2D eigenvalue weighted by Crippen LogP contribution is 2.25. The van der Waals surface area contributed by atoms with Crippen molar-refractivity contribution in [1.82, 2.24) is 14.6 Å². The Labute approximate surface area is 120 Å². The molecule has 0 amide bonds. The number of aromatic nitrogens is 1. The fraction of sp³-hybridized carbons (Fsp3) is 0.357. The maximum absolute atomic E-state index is 11.4. The van der Waals surface area contributed by atoms with Crippen LogP contribution in [0, 0.1) is 0 Å². The molecule has 1 aromatic carbocycles. The Bertz CT molecular complexity index is 644. The number of hydrogen-bond donors (Lipinski definition) is 2. The second-order valence-corrected chi connectivity index (χ2v) is 5.99. The van der Waals surface area contributed by atoms with E-state index in [2.05, 4.69) is 10.3 Å². The lowest BCUT2D eigenvalue weighted by Crippen LogP contribution is -2.51. The van der Waals surface area contributed by atoms with E-state index in [1.54, 1.807) is 10.5 Å². The van der Waals surface area contributed by atoms with Crippen LogP contribution in [0.15, 0.2) is 36.5 Å². The number of nitrogens with zero attached hydrogens (tertiary/aromatic N) is 2. The molecule has 0 radical (unpaired) electrons. The summed E-state index contributed by atoms with van der Waals surface area (Å²) >= 11 is -1.94. The summed E-state index contributed by atoms with van der Waals surface area (Å²) in [6.07, 6.45) is 1.79. The molecule has 106 valence electrons. The number of rotatable bonds is 2. The van der Waals surface area contributed by atoms with E-state index in [9.17, 15) is 8.76 Å². The molecule has 3 rings (SSSR count). The van der Waals surface area contributed by atoms with Gasteiger partial charge in [-0.05, 0) is 18.4 Å². The van der Waals surface area contributed by atoms with E-state index in [1.165, 1.54) is 0 Å². The fourth-order valence-electron chi connectivity index (χ4n) is 2.66. The third-order valence-electron chi connectivity index (χ3n) is 3.75. The molecule has 1 unspecified atom stereocenters. The van der Waals surface area contributed by atoms with Crippen LogP contribution in [0.3, 0.4) is 0 Å². The third-order valence-corrected chi connectivity index (χ3v) is 4.66. The molecule has 2 heterocycles. The fourth-order valence-corrected chi connectivity index (χ4v) is 3.32. The highest BCUT2D eigenvalue weighted by molar-refractivity contribution is 7.76.